The average molecular weight is 330 g/mol. The van der Waals surface area contributed by atoms with Crippen molar-refractivity contribution < 1.29 is 19.0 Å². The van der Waals surface area contributed by atoms with Gasteiger partial charge >= 0.3 is 0 Å². The molecule has 2 saturated carbocycles. The van der Waals surface area contributed by atoms with Crippen molar-refractivity contribution in [2.75, 3.05) is 26.4 Å². The molecule has 6 heteroatoms. The number of fused-ring (bicyclic) bond motifs is 2. The molecule has 1 unspecified atom stereocenters. The first-order chi connectivity index (χ1) is 11.8. The zero-order valence-corrected chi connectivity index (χ0v) is 13.5. The molecular weight excluding hydrogens is 308 g/mol. The molecule has 5 rings (SSSR count). The number of rotatable bonds is 3. The molecule has 3 heterocycles. The SMILES string of the molecule is O=C(C1[C@H]2COC[C@@H]12)N1CCO[C@H]2[C@@H](Oc3ccccn3)CC[C@@H]21. The Hall–Kier alpha value is -1.66. The Balaban J connectivity index is 1.28. The molecule has 2 aliphatic heterocycles. The minimum atomic E-state index is -0.0421. The Bertz CT molecular complexity index is 615. The van der Waals surface area contributed by atoms with Crippen LogP contribution in [0.25, 0.3) is 0 Å². The van der Waals surface area contributed by atoms with Crippen molar-refractivity contribution in [3.05, 3.63) is 24.4 Å². The maximum absolute atomic E-state index is 12.9. The fourth-order valence-corrected chi connectivity index (χ4v) is 4.68. The molecule has 24 heavy (non-hydrogen) atoms. The van der Waals surface area contributed by atoms with Gasteiger partial charge in [-0.1, -0.05) is 6.07 Å². The zero-order valence-electron chi connectivity index (χ0n) is 13.5. The first-order valence-corrected chi connectivity index (χ1v) is 8.90. The second-order valence-electron chi connectivity index (χ2n) is 7.23. The Labute approximate surface area is 141 Å². The van der Waals surface area contributed by atoms with Gasteiger partial charge < -0.3 is 19.1 Å². The van der Waals surface area contributed by atoms with Gasteiger partial charge in [-0.05, 0) is 30.7 Å². The standard InChI is InChI=1S/C18H22N2O4/c21-18(16-11-9-22-10-12(11)16)20-7-8-23-17-13(20)4-5-14(17)24-15-3-1-2-6-19-15/h1-3,6,11-14,16-17H,4-5,7-10H2/t11-,12+,13-,14-,16?,17+/m0/s1. The molecule has 2 saturated heterocycles. The van der Waals surface area contributed by atoms with Crippen molar-refractivity contribution in [2.45, 2.75) is 31.1 Å². The fourth-order valence-electron chi connectivity index (χ4n) is 4.68. The van der Waals surface area contributed by atoms with Crippen molar-refractivity contribution in [3.63, 3.8) is 0 Å². The van der Waals surface area contributed by atoms with E-state index in [1.165, 1.54) is 0 Å². The molecule has 1 amide bonds. The summed E-state index contributed by atoms with van der Waals surface area (Å²) in [5.41, 5.74) is 0. The number of ether oxygens (including phenoxy) is 3. The summed E-state index contributed by atoms with van der Waals surface area (Å²) in [4.78, 5) is 19.3. The van der Waals surface area contributed by atoms with Gasteiger partial charge in [0, 0.05) is 24.7 Å². The Morgan fingerprint density at radius 3 is 2.92 bits per heavy atom. The number of morpholine rings is 1. The van der Waals surface area contributed by atoms with E-state index in [1.807, 2.05) is 18.2 Å². The number of amides is 1. The van der Waals surface area contributed by atoms with E-state index in [4.69, 9.17) is 14.2 Å². The van der Waals surface area contributed by atoms with Crippen LogP contribution in [0.3, 0.4) is 0 Å². The van der Waals surface area contributed by atoms with Crippen molar-refractivity contribution >= 4 is 5.91 Å². The lowest BCUT2D eigenvalue weighted by Gasteiger charge is -2.39. The summed E-state index contributed by atoms with van der Waals surface area (Å²) in [5, 5.41) is 0. The molecule has 4 aliphatic rings. The van der Waals surface area contributed by atoms with Crippen molar-refractivity contribution in [1.29, 1.82) is 0 Å². The van der Waals surface area contributed by atoms with Gasteiger partial charge in [-0.2, -0.15) is 0 Å². The summed E-state index contributed by atoms with van der Waals surface area (Å²) in [5.74, 6) is 2.05. The van der Waals surface area contributed by atoms with Crippen LogP contribution in [0.4, 0.5) is 0 Å². The number of pyridine rings is 1. The number of hydrogen-bond acceptors (Lipinski definition) is 5. The van der Waals surface area contributed by atoms with Crippen LogP contribution in [-0.2, 0) is 14.3 Å². The van der Waals surface area contributed by atoms with Crippen LogP contribution in [-0.4, -0.2) is 60.4 Å². The molecule has 2 aliphatic carbocycles. The average Bonchev–Trinajstić information content (AvgIpc) is 2.96. The van der Waals surface area contributed by atoms with Crippen LogP contribution in [0.2, 0.25) is 0 Å². The van der Waals surface area contributed by atoms with Crippen LogP contribution in [0.15, 0.2) is 24.4 Å². The van der Waals surface area contributed by atoms with E-state index in [1.54, 1.807) is 6.20 Å². The molecular formula is C18H22N2O4. The molecule has 1 aromatic rings. The molecule has 0 aromatic carbocycles. The van der Waals surface area contributed by atoms with Gasteiger partial charge in [0.25, 0.3) is 0 Å². The van der Waals surface area contributed by atoms with Crippen LogP contribution in [0, 0.1) is 17.8 Å². The zero-order chi connectivity index (χ0) is 16.1. The number of aromatic nitrogens is 1. The molecule has 1 aromatic heterocycles. The van der Waals surface area contributed by atoms with Gasteiger partial charge in [0.15, 0.2) is 0 Å². The van der Waals surface area contributed by atoms with Crippen LogP contribution < -0.4 is 4.74 Å². The lowest BCUT2D eigenvalue weighted by atomic mass is 10.1. The minimum Gasteiger partial charge on any atom is -0.471 e. The van der Waals surface area contributed by atoms with Crippen molar-refractivity contribution in [2.24, 2.45) is 17.8 Å². The summed E-state index contributed by atoms with van der Waals surface area (Å²) in [7, 11) is 0. The highest BCUT2D eigenvalue weighted by molar-refractivity contribution is 5.83. The molecule has 6 nitrogen and oxygen atoms in total. The first-order valence-electron chi connectivity index (χ1n) is 8.90. The van der Waals surface area contributed by atoms with Gasteiger partial charge in [0.1, 0.15) is 12.2 Å². The van der Waals surface area contributed by atoms with Gasteiger partial charge in [-0.15, -0.1) is 0 Å². The second kappa shape index (κ2) is 5.70. The smallest absolute Gasteiger partial charge is 0.226 e. The highest BCUT2D eigenvalue weighted by Gasteiger charge is 2.60. The van der Waals surface area contributed by atoms with Crippen molar-refractivity contribution in [3.8, 4) is 5.88 Å². The summed E-state index contributed by atoms with van der Waals surface area (Å²) in [6.07, 6.45) is 3.50. The minimum absolute atomic E-state index is 0.0254. The maximum Gasteiger partial charge on any atom is 0.226 e. The molecule has 0 bridgehead atoms. The van der Waals surface area contributed by atoms with E-state index in [-0.39, 0.29) is 24.2 Å². The maximum atomic E-state index is 12.9. The lowest BCUT2D eigenvalue weighted by Crippen LogP contribution is -2.55. The van der Waals surface area contributed by atoms with E-state index in [9.17, 15) is 4.79 Å². The predicted octanol–water partition coefficient (Wildman–Crippen LogP) is 1.11. The summed E-state index contributed by atoms with van der Waals surface area (Å²) >= 11 is 0. The van der Waals surface area contributed by atoms with E-state index in [2.05, 4.69) is 9.88 Å². The first kappa shape index (κ1) is 14.7. The van der Waals surface area contributed by atoms with Gasteiger partial charge in [0.2, 0.25) is 11.8 Å². The topological polar surface area (TPSA) is 60.9 Å². The quantitative estimate of drug-likeness (QED) is 0.831. The van der Waals surface area contributed by atoms with Crippen molar-refractivity contribution in [1.82, 2.24) is 9.88 Å². The molecule has 0 radical (unpaired) electrons. The summed E-state index contributed by atoms with van der Waals surface area (Å²) in [6.45, 7) is 2.80. The Morgan fingerprint density at radius 2 is 2.12 bits per heavy atom. The van der Waals surface area contributed by atoms with E-state index in [0.717, 1.165) is 26.1 Å². The van der Waals surface area contributed by atoms with Crippen LogP contribution in [0.5, 0.6) is 5.88 Å². The lowest BCUT2D eigenvalue weighted by molar-refractivity contribution is -0.150. The van der Waals surface area contributed by atoms with E-state index in [0.29, 0.717) is 36.8 Å². The highest BCUT2D eigenvalue weighted by Crippen LogP contribution is 2.52. The third-order valence-corrected chi connectivity index (χ3v) is 5.97. The molecule has 6 atom stereocenters. The monoisotopic (exact) mass is 330 g/mol. The normalized spacial score (nSPS) is 40.1. The van der Waals surface area contributed by atoms with Gasteiger partial charge in [-0.25, -0.2) is 4.98 Å². The van der Waals surface area contributed by atoms with Gasteiger partial charge in [0.05, 0.1) is 25.9 Å². The van der Waals surface area contributed by atoms with Gasteiger partial charge in [-0.3, -0.25) is 4.79 Å². The number of carbonyl (C=O) groups excluding carboxylic acids is 1. The molecule has 0 spiro atoms. The second-order valence-corrected chi connectivity index (χ2v) is 7.23. The largest absolute Gasteiger partial charge is 0.471 e. The fraction of sp³-hybridized carbons (Fsp3) is 0.667. The van der Waals surface area contributed by atoms with E-state index >= 15 is 0 Å². The molecule has 4 fully saturated rings. The third-order valence-electron chi connectivity index (χ3n) is 5.97. The highest BCUT2D eigenvalue weighted by atomic mass is 16.5. The van der Waals surface area contributed by atoms with Crippen LogP contribution >= 0.6 is 0 Å². The molecule has 0 N–H and O–H groups in total. The number of nitrogens with zero attached hydrogens (tertiary/aromatic N) is 2. The molecule has 128 valence electrons. The number of hydrogen-bond donors (Lipinski definition) is 0. The van der Waals surface area contributed by atoms with E-state index < -0.39 is 0 Å². The third kappa shape index (κ3) is 2.31. The summed E-state index contributed by atoms with van der Waals surface area (Å²) < 4.78 is 17.4. The Kier molecular flexibility index (Phi) is 3.49. The Morgan fingerprint density at radius 1 is 1.25 bits per heavy atom. The van der Waals surface area contributed by atoms with Crippen LogP contribution in [0.1, 0.15) is 12.8 Å². The summed E-state index contributed by atoms with van der Waals surface area (Å²) in [6, 6.07) is 5.80. The number of carbonyl (C=O) groups is 1. The predicted molar refractivity (Wildman–Crippen MR) is 84.4 cm³/mol.